The molecule has 1 N–H and O–H groups in total. The Kier molecular flexibility index (Phi) is 4.96. The molecule has 0 bridgehead atoms. The van der Waals surface area contributed by atoms with Crippen molar-refractivity contribution in [3.63, 3.8) is 0 Å². The molecule has 8 heteroatoms. The van der Waals surface area contributed by atoms with E-state index in [1.54, 1.807) is 4.57 Å². The van der Waals surface area contributed by atoms with E-state index in [0.717, 1.165) is 24.6 Å². The standard InChI is InChI=1S/C17H20F2N4O2/c1-2-6-23-17(25)22-7-5-14(3-4-15(22)21-23)20-16(24)11-8-12(18)10-13(19)9-11/h8-10,14H,2-7H2,1H3,(H,20,24). The molecule has 0 fully saturated rings. The van der Waals surface area contributed by atoms with E-state index in [-0.39, 0.29) is 17.3 Å². The summed E-state index contributed by atoms with van der Waals surface area (Å²) >= 11 is 0. The van der Waals surface area contributed by atoms with E-state index in [2.05, 4.69) is 10.4 Å². The summed E-state index contributed by atoms with van der Waals surface area (Å²) in [4.78, 5) is 24.5. The highest BCUT2D eigenvalue weighted by molar-refractivity contribution is 5.94. The number of halogens is 2. The Bertz CT molecular complexity index is 823. The molecule has 2 heterocycles. The van der Waals surface area contributed by atoms with E-state index >= 15 is 0 Å². The summed E-state index contributed by atoms with van der Waals surface area (Å²) in [6, 6.07) is 2.55. The maximum Gasteiger partial charge on any atom is 0.345 e. The van der Waals surface area contributed by atoms with Crippen LogP contribution >= 0.6 is 0 Å². The number of rotatable bonds is 4. The predicted molar refractivity (Wildman–Crippen MR) is 87.3 cm³/mol. The zero-order chi connectivity index (χ0) is 18.0. The van der Waals surface area contributed by atoms with Gasteiger partial charge in [-0.05, 0) is 31.4 Å². The van der Waals surface area contributed by atoms with Crippen molar-refractivity contribution in [1.29, 1.82) is 0 Å². The smallest absolute Gasteiger partial charge is 0.345 e. The second-order valence-corrected chi connectivity index (χ2v) is 6.23. The molecule has 0 spiro atoms. The van der Waals surface area contributed by atoms with E-state index < -0.39 is 17.5 Å². The van der Waals surface area contributed by atoms with Crippen LogP contribution in [0.15, 0.2) is 23.0 Å². The molecule has 1 aromatic heterocycles. The molecule has 25 heavy (non-hydrogen) atoms. The summed E-state index contributed by atoms with van der Waals surface area (Å²) < 4.78 is 29.6. The third-order valence-electron chi connectivity index (χ3n) is 4.31. The highest BCUT2D eigenvalue weighted by atomic mass is 19.1. The van der Waals surface area contributed by atoms with Gasteiger partial charge in [0, 0.05) is 37.2 Å². The molecule has 0 saturated heterocycles. The quantitative estimate of drug-likeness (QED) is 0.915. The number of fused-ring (bicyclic) bond motifs is 1. The first-order chi connectivity index (χ1) is 12.0. The van der Waals surface area contributed by atoms with E-state index in [1.807, 2.05) is 6.92 Å². The molecule has 0 aliphatic carbocycles. The molecular weight excluding hydrogens is 330 g/mol. The number of amides is 1. The first-order valence-corrected chi connectivity index (χ1v) is 8.41. The first kappa shape index (κ1) is 17.3. The van der Waals surface area contributed by atoms with E-state index in [0.29, 0.717) is 38.2 Å². The van der Waals surface area contributed by atoms with Crippen LogP contribution in [0, 0.1) is 11.6 Å². The number of hydrogen-bond donors (Lipinski definition) is 1. The van der Waals surface area contributed by atoms with Gasteiger partial charge in [0.05, 0.1) is 0 Å². The van der Waals surface area contributed by atoms with Crippen LogP contribution in [0.5, 0.6) is 0 Å². The Hall–Kier alpha value is -2.51. The lowest BCUT2D eigenvalue weighted by Gasteiger charge is -2.16. The lowest BCUT2D eigenvalue weighted by atomic mass is 10.1. The van der Waals surface area contributed by atoms with Crippen LogP contribution in [0.1, 0.15) is 42.4 Å². The van der Waals surface area contributed by atoms with Crippen molar-refractivity contribution >= 4 is 5.91 Å². The zero-order valence-corrected chi connectivity index (χ0v) is 14.0. The van der Waals surface area contributed by atoms with Crippen LogP contribution in [-0.4, -0.2) is 26.3 Å². The number of carbonyl (C=O) groups is 1. The predicted octanol–water partition coefficient (Wildman–Crippen LogP) is 1.87. The number of aromatic nitrogens is 3. The minimum Gasteiger partial charge on any atom is -0.349 e. The Morgan fingerprint density at radius 2 is 2.00 bits per heavy atom. The Labute approximate surface area is 143 Å². The van der Waals surface area contributed by atoms with E-state index in [1.165, 1.54) is 4.68 Å². The van der Waals surface area contributed by atoms with Crippen LogP contribution in [0.25, 0.3) is 0 Å². The molecule has 1 aliphatic heterocycles. The molecular formula is C17H20F2N4O2. The number of nitrogens with zero attached hydrogens (tertiary/aromatic N) is 3. The first-order valence-electron chi connectivity index (χ1n) is 8.41. The largest absolute Gasteiger partial charge is 0.349 e. The summed E-state index contributed by atoms with van der Waals surface area (Å²) in [7, 11) is 0. The highest BCUT2D eigenvalue weighted by Crippen LogP contribution is 2.14. The number of aryl methyl sites for hydroxylation is 2. The fourth-order valence-electron chi connectivity index (χ4n) is 3.08. The Morgan fingerprint density at radius 3 is 2.68 bits per heavy atom. The van der Waals surface area contributed by atoms with E-state index in [9.17, 15) is 18.4 Å². The molecule has 1 aromatic carbocycles. The molecule has 1 unspecified atom stereocenters. The Morgan fingerprint density at radius 1 is 1.28 bits per heavy atom. The van der Waals surface area contributed by atoms with Gasteiger partial charge >= 0.3 is 5.69 Å². The van der Waals surface area contributed by atoms with Crippen molar-refractivity contribution in [3.05, 3.63) is 51.7 Å². The van der Waals surface area contributed by atoms with Crippen molar-refractivity contribution in [3.8, 4) is 0 Å². The fourth-order valence-corrected chi connectivity index (χ4v) is 3.08. The van der Waals surface area contributed by atoms with Crippen molar-refractivity contribution in [2.24, 2.45) is 0 Å². The van der Waals surface area contributed by atoms with Crippen LogP contribution in [-0.2, 0) is 19.5 Å². The van der Waals surface area contributed by atoms with Crippen LogP contribution in [0.3, 0.4) is 0 Å². The van der Waals surface area contributed by atoms with Crippen molar-refractivity contribution in [2.45, 2.75) is 51.7 Å². The van der Waals surface area contributed by atoms with Gasteiger partial charge in [0.2, 0.25) is 0 Å². The number of hydrogen-bond acceptors (Lipinski definition) is 3. The van der Waals surface area contributed by atoms with Gasteiger partial charge in [-0.15, -0.1) is 0 Å². The third kappa shape index (κ3) is 3.78. The van der Waals surface area contributed by atoms with Gasteiger partial charge in [-0.25, -0.2) is 18.3 Å². The lowest BCUT2D eigenvalue weighted by molar-refractivity contribution is 0.0932. The van der Waals surface area contributed by atoms with Crippen molar-refractivity contribution in [2.75, 3.05) is 0 Å². The maximum atomic E-state index is 13.2. The van der Waals surface area contributed by atoms with E-state index in [4.69, 9.17) is 0 Å². The molecule has 1 aliphatic rings. The Balaban J connectivity index is 1.68. The molecule has 0 radical (unpaired) electrons. The summed E-state index contributed by atoms with van der Waals surface area (Å²) in [6.07, 6.45) is 2.58. The molecule has 1 atom stereocenters. The number of nitrogens with one attached hydrogen (secondary N) is 1. The molecule has 3 rings (SSSR count). The molecule has 134 valence electrons. The average molecular weight is 350 g/mol. The highest BCUT2D eigenvalue weighted by Gasteiger charge is 2.22. The second-order valence-electron chi connectivity index (χ2n) is 6.23. The topological polar surface area (TPSA) is 68.9 Å². The molecule has 6 nitrogen and oxygen atoms in total. The van der Waals surface area contributed by atoms with Gasteiger partial charge in [0.1, 0.15) is 17.5 Å². The minimum atomic E-state index is -0.789. The van der Waals surface area contributed by atoms with Crippen molar-refractivity contribution < 1.29 is 13.6 Å². The van der Waals surface area contributed by atoms with Gasteiger partial charge in [0.25, 0.3) is 5.91 Å². The summed E-state index contributed by atoms with van der Waals surface area (Å²) in [5.41, 5.74) is -0.180. The zero-order valence-electron chi connectivity index (χ0n) is 14.0. The number of carbonyl (C=O) groups excluding carboxylic acids is 1. The second kappa shape index (κ2) is 7.16. The van der Waals surface area contributed by atoms with Crippen LogP contribution in [0.2, 0.25) is 0 Å². The molecule has 1 amide bonds. The molecule has 0 saturated carbocycles. The van der Waals surface area contributed by atoms with Gasteiger partial charge < -0.3 is 5.32 Å². The molecule has 2 aromatic rings. The van der Waals surface area contributed by atoms with Gasteiger partial charge in [-0.1, -0.05) is 6.92 Å². The van der Waals surface area contributed by atoms with Crippen LogP contribution in [0.4, 0.5) is 8.78 Å². The van der Waals surface area contributed by atoms with Gasteiger partial charge in [-0.2, -0.15) is 5.10 Å². The maximum absolute atomic E-state index is 13.2. The lowest BCUT2D eigenvalue weighted by Crippen LogP contribution is -2.36. The fraction of sp³-hybridized carbons (Fsp3) is 0.471. The van der Waals surface area contributed by atoms with Gasteiger partial charge in [0.15, 0.2) is 0 Å². The third-order valence-corrected chi connectivity index (χ3v) is 4.31. The monoisotopic (exact) mass is 350 g/mol. The summed E-state index contributed by atoms with van der Waals surface area (Å²) in [5, 5.41) is 7.14. The minimum absolute atomic E-state index is 0.0511. The summed E-state index contributed by atoms with van der Waals surface area (Å²) in [6.45, 7) is 3.03. The van der Waals surface area contributed by atoms with Crippen molar-refractivity contribution in [1.82, 2.24) is 19.7 Å². The van der Waals surface area contributed by atoms with Crippen LogP contribution < -0.4 is 11.0 Å². The number of benzene rings is 1. The summed E-state index contributed by atoms with van der Waals surface area (Å²) in [5.74, 6) is -1.39. The normalized spacial score (nSPS) is 17.0. The average Bonchev–Trinajstić information content (AvgIpc) is 2.73. The van der Waals surface area contributed by atoms with Gasteiger partial charge in [-0.3, -0.25) is 9.36 Å². The SMILES string of the molecule is CCCn1nc2n(c1=O)CCC(NC(=O)c1cc(F)cc(F)c1)CC2.